The molecule has 0 atom stereocenters. The molecule has 0 spiro atoms. The fourth-order valence-corrected chi connectivity index (χ4v) is 3.09. The normalized spacial score (nSPS) is 10.3. The summed E-state index contributed by atoms with van der Waals surface area (Å²) in [5, 5.41) is 8.60. The number of para-hydroxylation sites is 1. The van der Waals surface area contributed by atoms with Gasteiger partial charge in [-0.3, -0.25) is 4.79 Å². The third-order valence-corrected chi connectivity index (χ3v) is 4.60. The summed E-state index contributed by atoms with van der Waals surface area (Å²) in [5.74, 6) is 0.970. The van der Waals surface area contributed by atoms with E-state index in [1.807, 2.05) is 12.1 Å². The van der Waals surface area contributed by atoms with Gasteiger partial charge < -0.3 is 20.1 Å². The van der Waals surface area contributed by atoms with Gasteiger partial charge in [0.25, 0.3) is 5.91 Å². The number of benzene rings is 2. The molecule has 134 valence electrons. The highest BCUT2D eigenvalue weighted by Crippen LogP contribution is 2.32. The number of hydrogen-bond donors (Lipinski definition) is 2. The quantitative estimate of drug-likeness (QED) is 0.633. The van der Waals surface area contributed by atoms with E-state index in [2.05, 4.69) is 15.6 Å². The van der Waals surface area contributed by atoms with Crippen LogP contribution in [0, 0.1) is 0 Å². The van der Waals surface area contributed by atoms with E-state index in [0.717, 1.165) is 5.69 Å². The maximum absolute atomic E-state index is 12.3. The average Bonchev–Trinajstić information content (AvgIpc) is 3.12. The van der Waals surface area contributed by atoms with Crippen molar-refractivity contribution >= 4 is 45.4 Å². The smallest absolute Gasteiger partial charge is 0.275 e. The maximum Gasteiger partial charge on any atom is 0.275 e. The molecule has 0 saturated carbocycles. The maximum atomic E-state index is 12.3. The number of anilines is 3. The average molecular weight is 390 g/mol. The minimum absolute atomic E-state index is 0.296. The van der Waals surface area contributed by atoms with Crippen molar-refractivity contribution in [2.24, 2.45) is 0 Å². The number of carbonyl (C=O) groups excluding carboxylic acids is 1. The Bertz CT molecular complexity index is 930. The van der Waals surface area contributed by atoms with Gasteiger partial charge in [-0.25, -0.2) is 4.98 Å². The lowest BCUT2D eigenvalue weighted by Crippen LogP contribution is -2.12. The van der Waals surface area contributed by atoms with E-state index in [-0.39, 0.29) is 5.91 Å². The first kappa shape index (κ1) is 18.0. The number of nitrogens with zero attached hydrogens (tertiary/aromatic N) is 1. The van der Waals surface area contributed by atoms with E-state index in [9.17, 15) is 4.79 Å². The molecule has 0 aliphatic heterocycles. The molecule has 3 aromatic rings. The Kier molecular flexibility index (Phi) is 5.60. The number of nitrogens with one attached hydrogen (secondary N) is 2. The number of halogens is 1. The van der Waals surface area contributed by atoms with Gasteiger partial charge in [-0.1, -0.05) is 23.7 Å². The van der Waals surface area contributed by atoms with E-state index in [4.69, 9.17) is 21.1 Å². The van der Waals surface area contributed by atoms with Gasteiger partial charge >= 0.3 is 0 Å². The zero-order valence-corrected chi connectivity index (χ0v) is 15.6. The van der Waals surface area contributed by atoms with E-state index in [0.29, 0.717) is 33.0 Å². The molecule has 0 bridgehead atoms. The Labute approximate surface area is 159 Å². The first-order valence-corrected chi connectivity index (χ1v) is 8.87. The van der Waals surface area contributed by atoms with Crippen LogP contribution in [0.1, 0.15) is 10.5 Å². The molecule has 0 aliphatic carbocycles. The van der Waals surface area contributed by atoms with Crippen molar-refractivity contribution in [2.45, 2.75) is 0 Å². The van der Waals surface area contributed by atoms with Gasteiger partial charge in [0, 0.05) is 11.4 Å². The molecule has 8 heteroatoms. The summed E-state index contributed by atoms with van der Waals surface area (Å²) in [6, 6.07) is 12.4. The van der Waals surface area contributed by atoms with Crippen LogP contribution in [0.25, 0.3) is 0 Å². The van der Waals surface area contributed by atoms with Crippen LogP contribution in [-0.4, -0.2) is 25.1 Å². The lowest BCUT2D eigenvalue weighted by Gasteiger charge is -2.10. The van der Waals surface area contributed by atoms with Crippen molar-refractivity contribution in [2.75, 3.05) is 24.9 Å². The topological polar surface area (TPSA) is 72.5 Å². The summed E-state index contributed by atoms with van der Waals surface area (Å²) in [5.41, 5.74) is 1.56. The standard InChI is InChI=1S/C18H16ClN3O3S/c1-24-11-7-8-14(16(9-11)25-2)21-18-22-15(10-26-18)17(23)20-13-6-4-3-5-12(13)19/h3-10H,1-2H3,(H,20,23)(H,21,22). The zero-order chi connectivity index (χ0) is 18.5. The number of rotatable bonds is 6. The highest BCUT2D eigenvalue weighted by molar-refractivity contribution is 7.14. The first-order chi connectivity index (χ1) is 12.6. The van der Waals surface area contributed by atoms with Crippen LogP contribution in [0.4, 0.5) is 16.5 Å². The summed E-state index contributed by atoms with van der Waals surface area (Å²) in [6.07, 6.45) is 0. The number of hydrogen-bond acceptors (Lipinski definition) is 6. The van der Waals surface area contributed by atoms with Crippen LogP contribution in [0.15, 0.2) is 47.8 Å². The molecular weight excluding hydrogens is 374 g/mol. The molecule has 0 radical (unpaired) electrons. The van der Waals surface area contributed by atoms with E-state index < -0.39 is 0 Å². The van der Waals surface area contributed by atoms with Gasteiger partial charge in [-0.2, -0.15) is 0 Å². The molecule has 1 heterocycles. The van der Waals surface area contributed by atoms with Crippen molar-refractivity contribution in [3.05, 3.63) is 58.6 Å². The molecular formula is C18H16ClN3O3S. The molecule has 3 rings (SSSR count). The molecule has 1 amide bonds. The van der Waals surface area contributed by atoms with Gasteiger partial charge in [0.05, 0.1) is 30.6 Å². The predicted molar refractivity (Wildman–Crippen MR) is 104 cm³/mol. The fraction of sp³-hybridized carbons (Fsp3) is 0.111. The predicted octanol–water partition coefficient (Wildman–Crippen LogP) is 4.81. The van der Waals surface area contributed by atoms with Crippen LogP contribution < -0.4 is 20.1 Å². The highest BCUT2D eigenvalue weighted by atomic mass is 35.5. The van der Waals surface area contributed by atoms with Gasteiger partial charge in [0.2, 0.25) is 0 Å². The van der Waals surface area contributed by atoms with Gasteiger partial charge in [0.1, 0.15) is 17.2 Å². The Morgan fingerprint density at radius 2 is 1.92 bits per heavy atom. The van der Waals surface area contributed by atoms with Gasteiger partial charge in [-0.05, 0) is 24.3 Å². The number of methoxy groups -OCH3 is 2. The van der Waals surface area contributed by atoms with E-state index in [1.165, 1.54) is 11.3 Å². The van der Waals surface area contributed by atoms with Crippen molar-refractivity contribution in [3.8, 4) is 11.5 Å². The van der Waals surface area contributed by atoms with Gasteiger partial charge in [0.15, 0.2) is 5.13 Å². The minimum Gasteiger partial charge on any atom is -0.497 e. The third kappa shape index (κ3) is 4.07. The first-order valence-electron chi connectivity index (χ1n) is 7.61. The second-order valence-electron chi connectivity index (χ2n) is 5.16. The second-order valence-corrected chi connectivity index (χ2v) is 6.43. The molecule has 6 nitrogen and oxygen atoms in total. The number of ether oxygens (including phenoxy) is 2. The molecule has 0 saturated heterocycles. The molecule has 26 heavy (non-hydrogen) atoms. The van der Waals surface area contributed by atoms with Gasteiger partial charge in [-0.15, -0.1) is 11.3 Å². The fourth-order valence-electron chi connectivity index (χ4n) is 2.20. The highest BCUT2D eigenvalue weighted by Gasteiger charge is 2.14. The second kappa shape index (κ2) is 8.07. The number of thiazole rings is 1. The van der Waals surface area contributed by atoms with Crippen LogP contribution in [-0.2, 0) is 0 Å². The van der Waals surface area contributed by atoms with Crippen LogP contribution in [0.5, 0.6) is 11.5 Å². The van der Waals surface area contributed by atoms with Crippen molar-refractivity contribution in [3.63, 3.8) is 0 Å². The molecule has 0 fully saturated rings. The lowest BCUT2D eigenvalue weighted by atomic mass is 10.3. The Balaban J connectivity index is 1.74. The van der Waals surface area contributed by atoms with E-state index in [1.54, 1.807) is 49.9 Å². The largest absolute Gasteiger partial charge is 0.497 e. The lowest BCUT2D eigenvalue weighted by molar-refractivity contribution is 0.102. The van der Waals surface area contributed by atoms with Crippen LogP contribution in [0.3, 0.4) is 0 Å². The minimum atomic E-state index is -0.330. The third-order valence-electron chi connectivity index (χ3n) is 3.51. The number of carbonyl (C=O) groups is 1. The summed E-state index contributed by atoms with van der Waals surface area (Å²) < 4.78 is 10.5. The molecule has 0 aliphatic rings. The summed E-state index contributed by atoms with van der Waals surface area (Å²) in [4.78, 5) is 16.7. The molecule has 2 aromatic carbocycles. The number of amides is 1. The molecule has 1 aromatic heterocycles. The SMILES string of the molecule is COc1ccc(Nc2nc(C(=O)Nc3ccccc3Cl)cs2)c(OC)c1. The molecule has 0 unspecified atom stereocenters. The monoisotopic (exact) mass is 389 g/mol. The number of aromatic nitrogens is 1. The van der Waals surface area contributed by atoms with Crippen LogP contribution >= 0.6 is 22.9 Å². The molecule has 2 N–H and O–H groups in total. The van der Waals surface area contributed by atoms with Crippen LogP contribution in [0.2, 0.25) is 5.02 Å². The van der Waals surface area contributed by atoms with Crippen molar-refractivity contribution < 1.29 is 14.3 Å². The zero-order valence-electron chi connectivity index (χ0n) is 14.1. The van der Waals surface area contributed by atoms with E-state index >= 15 is 0 Å². The van der Waals surface area contributed by atoms with Crippen molar-refractivity contribution in [1.29, 1.82) is 0 Å². The summed E-state index contributed by atoms with van der Waals surface area (Å²) in [6.45, 7) is 0. The van der Waals surface area contributed by atoms with Crippen molar-refractivity contribution in [1.82, 2.24) is 4.98 Å². The Hall–Kier alpha value is -2.77. The Morgan fingerprint density at radius 1 is 1.12 bits per heavy atom. The summed E-state index contributed by atoms with van der Waals surface area (Å²) in [7, 11) is 3.16. The summed E-state index contributed by atoms with van der Waals surface area (Å²) >= 11 is 7.37. The Morgan fingerprint density at radius 3 is 2.65 bits per heavy atom.